The molecule has 0 bridgehead atoms. The van der Waals surface area contributed by atoms with E-state index in [-0.39, 0.29) is 17.7 Å². The van der Waals surface area contributed by atoms with Crippen molar-refractivity contribution >= 4 is 17.6 Å². The van der Waals surface area contributed by atoms with Gasteiger partial charge in [-0.15, -0.1) is 0 Å². The normalized spacial score (nSPS) is 10.6. The zero-order valence-electron chi connectivity index (χ0n) is 16.6. The van der Waals surface area contributed by atoms with Crippen LogP contribution in [0.5, 0.6) is 0 Å². The summed E-state index contributed by atoms with van der Waals surface area (Å²) in [5.41, 5.74) is 2.93. The Morgan fingerprint density at radius 2 is 1.66 bits per heavy atom. The number of nitrogens with one attached hydrogen (secondary N) is 1. The van der Waals surface area contributed by atoms with E-state index in [4.69, 9.17) is 4.74 Å². The number of anilines is 1. The molecule has 1 aromatic heterocycles. The van der Waals surface area contributed by atoms with Crippen LogP contribution in [0.3, 0.4) is 0 Å². The van der Waals surface area contributed by atoms with Gasteiger partial charge in [0.1, 0.15) is 5.69 Å². The summed E-state index contributed by atoms with van der Waals surface area (Å²) in [5, 5.41) is 2.57. The van der Waals surface area contributed by atoms with E-state index in [9.17, 15) is 14.4 Å². The molecule has 0 spiro atoms. The lowest BCUT2D eigenvalue weighted by Gasteiger charge is -2.07. The Kier molecular flexibility index (Phi) is 5.97. The molecule has 1 N–H and O–H groups in total. The lowest BCUT2D eigenvalue weighted by Crippen LogP contribution is -2.26. The number of amides is 1. The third kappa shape index (κ3) is 4.45. The molecule has 7 heteroatoms. The number of benzene rings is 2. The van der Waals surface area contributed by atoms with Crippen LogP contribution < -0.4 is 10.9 Å². The second-order valence-corrected chi connectivity index (χ2v) is 6.75. The van der Waals surface area contributed by atoms with Crippen LogP contribution in [0.1, 0.15) is 16.8 Å². The van der Waals surface area contributed by atoms with Crippen LogP contribution in [-0.2, 0) is 27.8 Å². The molecular formula is C22H23N3O4. The first-order chi connectivity index (χ1) is 13.9. The Balaban J connectivity index is 1.66. The number of carbonyl (C=O) groups is 2. The van der Waals surface area contributed by atoms with E-state index in [0.717, 1.165) is 11.1 Å². The fourth-order valence-corrected chi connectivity index (χ4v) is 3.05. The van der Waals surface area contributed by atoms with Crippen LogP contribution in [0.15, 0.2) is 59.4 Å². The van der Waals surface area contributed by atoms with Crippen LogP contribution in [0, 0.1) is 13.8 Å². The first-order valence-corrected chi connectivity index (χ1v) is 9.22. The van der Waals surface area contributed by atoms with Crippen molar-refractivity contribution in [3.05, 3.63) is 81.8 Å². The molecule has 7 nitrogen and oxygen atoms in total. The molecule has 1 heterocycles. The number of rotatable bonds is 6. The second-order valence-electron chi connectivity index (χ2n) is 6.75. The fourth-order valence-electron chi connectivity index (χ4n) is 3.05. The molecule has 0 unspecified atom stereocenters. The molecular weight excluding hydrogens is 370 g/mol. The number of aryl methyl sites for hydroxylation is 1. The molecule has 1 amide bonds. The Morgan fingerprint density at radius 3 is 2.34 bits per heavy atom. The minimum atomic E-state index is -0.561. The quantitative estimate of drug-likeness (QED) is 0.653. The Morgan fingerprint density at radius 1 is 1.00 bits per heavy atom. The highest BCUT2D eigenvalue weighted by Gasteiger charge is 2.19. The molecule has 0 saturated carbocycles. The number of aromatic nitrogens is 2. The predicted octanol–water partition coefficient (Wildman–Crippen LogP) is 2.52. The fraction of sp³-hybridized carbons (Fsp3) is 0.227. The van der Waals surface area contributed by atoms with Gasteiger partial charge in [-0.1, -0.05) is 42.5 Å². The first-order valence-electron chi connectivity index (χ1n) is 9.22. The highest BCUT2D eigenvalue weighted by atomic mass is 16.5. The number of hydrogen-bond donors (Lipinski definition) is 1. The lowest BCUT2D eigenvalue weighted by atomic mass is 10.1. The molecule has 29 heavy (non-hydrogen) atoms. The number of hydrogen-bond acceptors (Lipinski definition) is 4. The number of carbonyl (C=O) groups excluding carboxylic acids is 2. The largest absolute Gasteiger partial charge is 0.455 e. The predicted molar refractivity (Wildman–Crippen MR) is 110 cm³/mol. The van der Waals surface area contributed by atoms with Crippen LogP contribution in [0.2, 0.25) is 0 Å². The second kappa shape index (κ2) is 8.60. The summed E-state index contributed by atoms with van der Waals surface area (Å²) in [6.07, 6.45) is 0.0884. The summed E-state index contributed by atoms with van der Waals surface area (Å²) in [5.74, 6) is -1.06. The topological polar surface area (TPSA) is 82.3 Å². The molecule has 3 aromatic rings. The lowest BCUT2D eigenvalue weighted by molar-refractivity contribution is -0.146. The summed E-state index contributed by atoms with van der Waals surface area (Å²) in [7, 11) is 1.74. The van der Waals surface area contributed by atoms with E-state index in [2.05, 4.69) is 5.32 Å². The Labute approximate surface area is 168 Å². The van der Waals surface area contributed by atoms with Gasteiger partial charge in [-0.3, -0.25) is 19.1 Å². The van der Waals surface area contributed by atoms with Crippen molar-refractivity contribution in [2.45, 2.75) is 20.3 Å². The molecule has 0 atom stereocenters. The van der Waals surface area contributed by atoms with Crippen molar-refractivity contribution < 1.29 is 14.3 Å². The third-order valence-electron chi connectivity index (χ3n) is 4.78. The maximum Gasteiger partial charge on any atom is 0.310 e. The van der Waals surface area contributed by atoms with E-state index in [1.807, 2.05) is 49.4 Å². The molecule has 0 saturated heterocycles. The van der Waals surface area contributed by atoms with Gasteiger partial charge in [-0.25, -0.2) is 4.68 Å². The zero-order chi connectivity index (χ0) is 21.0. The molecule has 0 aliphatic carbocycles. The molecule has 0 fully saturated rings. The summed E-state index contributed by atoms with van der Waals surface area (Å²) >= 11 is 0. The standard InChI is InChI=1S/C22H23N3O4/c1-15-9-7-8-10-17(15)13-20(27)29-14-19(26)23-21-16(2)24(3)25(22(21)28)18-11-5-4-6-12-18/h4-12H,13-14H2,1-3H3,(H,23,26). The zero-order valence-corrected chi connectivity index (χ0v) is 16.6. The van der Waals surface area contributed by atoms with E-state index in [0.29, 0.717) is 11.4 Å². The number of nitrogens with zero attached hydrogens (tertiary/aromatic N) is 2. The van der Waals surface area contributed by atoms with E-state index in [1.165, 1.54) is 4.68 Å². The van der Waals surface area contributed by atoms with Crippen LogP contribution in [-0.4, -0.2) is 27.8 Å². The van der Waals surface area contributed by atoms with Crippen molar-refractivity contribution in [3.8, 4) is 5.69 Å². The molecule has 0 aliphatic rings. The molecule has 0 radical (unpaired) electrons. The Hall–Kier alpha value is -3.61. The highest BCUT2D eigenvalue weighted by molar-refractivity contribution is 5.93. The van der Waals surface area contributed by atoms with Crippen molar-refractivity contribution in [1.82, 2.24) is 9.36 Å². The number of esters is 1. The molecule has 0 aliphatic heterocycles. The van der Waals surface area contributed by atoms with E-state index in [1.54, 1.807) is 30.8 Å². The van der Waals surface area contributed by atoms with Gasteiger partial charge in [0.05, 0.1) is 17.8 Å². The third-order valence-corrected chi connectivity index (χ3v) is 4.78. The van der Waals surface area contributed by atoms with Crippen LogP contribution >= 0.6 is 0 Å². The minimum Gasteiger partial charge on any atom is -0.455 e. The van der Waals surface area contributed by atoms with Crippen molar-refractivity contribution in [2.75, 3.05) is 11.9 Å². The average molecular weight is 393 g/mol. The maximum atomic E-state index is 12.8. The van der Waals surface area contributed by atoms with Gasteiger partial charge in [0.2, 0.25) is 0 Å². The SMILES string of the molecule is Cc1ccccc1CC(=O)OCC(=O)Nc1c(C)n(C)n(-c2ccccc2)c1=O. The van der Waals surface area contributed by atoms with Gasteiger partial charge < -0.3 is 10.1 Å². The van der Waals surface area contributed by atoms with Crippen molar-refractivity contribution in [3.63, 3.8) is 0 Å². The number of ether oxygens (including phenoxy) is 1. The van der Waals surface area contributed by atoms with Crippen molar-refractivity contribution in [2.24, 2.45) is 7.05 Å². The van der Waals surface area contributed by atoms with Gasteiger partial charge in [0.15, 0.2) is 6.61 Å². The summed E-state index contributed by atoms with van der Waals surface area (Å²) in [6.45, 7) is 3.19. The molecule has 2 aromatic carbocycles. The Bertz CT molecular complexity index is 1100. The number of para-hydroxylation sites is 1. The summed E-state index contributed by atoms with van der Waals surface area (Å²) < 4.78 is 8.20. The van der Waals surface area contributed by atoms with E-state index < -0.39 is 18.5 Å². The van der Waals surface area contributed by atoms with Gasteiger partial charge in [-0.2, -0.15) is 0 Å². The summed E-state index contributed by atoms with van der Waals surface area (Å²) in [6, 6.07) is 16.6. The maximum absolute atomic E-state index is 12.8. The summed E-state index contributed by atoms with van der Waals surface area (Å²) in [4.78, 5) is 37.1. The van der Waals surface area contributed by atoms with Crippen LogP contribution in [0.4, 0.5) is 5.69 Å². The molecule has 150 valence electrons. The van der Waals surface area contributed by atoms with Gasteiger partial charge >= 0.3 is 5.97 Å². The first kappa shape index (κ1) is 20.1. The van der Waals surface area contributed by atoms with Gasteiger partial charge in [0.25, 0.3) is 11.5 Å². The average Bonchev–Trinajstić information content (AvgIpc) is 2.92. The molecule has 3 rings (SSSR count). The smallest absolute Gasteiger partial charge is 0.310 e. The minimum absolute atomic E-state index is 0.0884. The van der Waals surface area contributed by atoms with Crippen LogP contribution in [0.25, 0.3) is 5.69 Å². The van der Waals surface area contributed by atoms with Crippen molar-refractivity contribution in [1.29, 1.82) is 0 Å². The van der Waals surface area contributed by atoms with Gasteiger partial charge in [-0.05, 0) is 37.1 Å². The monoisotopic (exact) mass is 393 g/mol. The van der Waals surface area contributed by atoms with E-state index >= 15 is 0 Å². The highest BCUT2D eigenvalue weighted by Crippen LogP contribution is 2.14. The van der Waals surface area contributed by atoms with Gasteiger partial charge in [0, 0.05) is 7.05 Å².